The molecular weight excluding hydrogens is 263 g/mol. The van der Waals surface area contributed by atoms with Gasteiger partial charge >= 0.3 is 0 Å². The Morgan fingerprint density at radius 3 is 1.68 bits per heavy atom. The smallest absolute Gasteiger partial charge is 0.233 e. The molecule has 2 aromatic carbocycles. The number of rotatable bonds is 4. The highest BCUT2D eigenvalue weighted by atomic mass is 32.1. The lowest BCUT2D eigenvalue weighted by Gasteiger charge is -2.02. The van der Waals surface area contributed by atoms with Crippen molar-refractivity contribution in [3.63, 3.8) is 0 Å². The second-order valence-electron chi connectivity index (χ2n) is 4.02. The van der Waals surface area contributed by atoms with Crippen molar-refractivity contribution in [2.45, 2.75) is 5.75 Å². The van der Waals surface area contributed by atoms with Gasteiger partial charge in [-0.2, -0.15) is 12.6 Å². The normalized spacial score (nSPS) is 10.2. The van der Waals surface area contributed by atoms with E-state index in [9.17, 15) is 14.0 Å². The van der Waals surface area contributed by atoms with Crippen molar-refractivity contribution in [2.75, 3.05) is 0 Å². The van der Waals surface area contributed by atoms with E-state index in [-0.39, 0.29) is 5.56 Å². The quantitative estimate of drug-likeness (QED) is 0.527. The average Bonchev–Trinajstić information content (AvgIpc) is 2.46. The fraction of sp³-hybridized carbons (Fsp3) is 0.0667. The summed E-state index contributed by atoms with van der Waals surface area (Å²) in [5, 5.41) is 0. The van der Waals surface area contributed by atoms with Crippen LogP contribution in [0.3, 0.4) is 0 Å². The second-order valence-corrected chi connectivity index (χ2v) is 4.34. The summed E-state index contributed by atoms with van der Waals surface area (Å²) in [4.78, 5) is 23.9. The van der Waals surface area contributed by atoms with Crippen LogP contribution in [0.2, 0.25) is 0 Å². The summed E-state index contributed by atoms with van der Waals surface area (Å²) in [6.07, 6.45) is 0. The third kappa shape index (κ3) is 3.09. The van der Waals surface area contributed by atoms with E-state index in [0.717, 1.165) is 17.7 Å². The summed E-state index contributed by atoms with van der Waals surface area (Å²) in [6.45, 7) is 0. The Balaban J connectivity index is 2.23. The molecule has 0 bridgehead atoms. The summed E-state index contributed by atoms with van der Waals surface area (Å²) in [5.74, 6) is -1.11. The van der Waals surface area contributed by atoms with Crippen molar-refractivity contribution < 1.29 is 14.0 Å². The molecular formula is C15H11FO2S. The number of hydrogen-bond acceptors (Lipinski definition) is 3. The summed E-state index contributed by atoms with van der Waals surface area (Å²) >= 11 is 4.12. The molecule has 0 radical (unpaired) electrons. The molecule has 2 aromatic rings. The first-order valence-electron chi connectivity index (χ1n) is 5.66. The zero-order chi connectivity index (χ0) is 13.8. The summed E-state index contributed by atoms with van der Waals surface area (Å²) in [7, 11) is 0. The minimum absolute atomic E-state index is 0.185. The predicted molar refractivity (Wildman–Crippen MR) is 74.2 cm³/mol. The maximum atomic E-state index is 12.8. The van der Waals surface area contributed by atoms with Gasteiger partial charge in [-0.25, -0.2) is 4.39 Å². The minimum atomic E-state index is -0.640. The van der Waals surface area contributed by atoms with Crippen LogP contribution in [0, 0.1) is 5.82 Å². The Labute approximate surface area is 115 Å². The topological polar surface area (TPSA) is 34.1 Å². The van der Waals surface area contributed by atoms with E-state index in [1.165, 1.54) is 12.1 Å². The van der Waals surface area contributed by atoms with Gasteiger partial charge in [-0.05, 0) is 29.8 Å². The van der Waals surface area contributed by atoms with Crippen LogP contribution in [0.15, 0.2) is 48.5 Å². The first-order chi connectivity index (χ1) is 9.11. The molecule has 96 valence electrons. The van der Waals surface area contributed by atoms with Gasteiger partial charge in [0.15, 0.2) is 0 Å². The highest BCUT2D eigenvalue weighted by Gasteiger charge is 2.17. The van der Waals surface area contributed by atoms with Crippen LogP contribution in [0.25, 0.3) is 0 Å². The Hall–Kier alpha value is -1.94. The highest BCUT2D eigenvalue weighted by molar-refractivity contribution is 7.79. The van der Waals surface area contributed by atoms with Gasteiger partial charge in [0, 0.05) is 16.9 Å². The SMILES string of the molecule is O=C(C(=O)c1ccc(CS)cc1)c1ccc(F)cc1. The standard InChI is InChI=1S/C15H11FO2S/c16-13-7-5-12(6-8-13)15(18)14(17)11-3-1-10(9-19)2-4-11/h1-8,19H,9H2. The van der Waals surface area contributed by atoms with Gasteiger partial charge in [-0.3, -0.25) is 9.59 Å². The van der Waals surface area contributed by atoms with E-state index in [2.05, 4.69) is 12.6 Å². The van der Waals surface area contributed by atoms with E-state index in [4.69, 9.17) is 0 Å². The van der Waals surface area contributed by atoms with Crippen molar-refractivity contribution in [3.05, 3.63) is 71.0 Å². The van der Waals surface area contributed by atoms with E-state index < -0.39 is 17.4 Å². The first kappa shape index (κ1) is 13.5. The van der Waals surface area contributed by atoms with Gasteiger partial charge in [-0.15, -0.1) is 0 Å². The lowest BCUT2D eigenvalue weighted by Crippen LogP contribution is -2.14. The molecule has 0 saturated heterocycles. The molecule has 0 atom stereocenters. The second kappa shape index (κ2) is 5.80. The van der Waals surface area contributed by atoms with Crippen LogP contribution < -0.4 is 0 Å². The zero-order valence-corrected chi connectivity index (χ0v) is 10.9. The summed E-state index contributed by atoms with van der Waals surface area (Å²) in [5.41, 5.74) is 1.47. The predicted octanol–water partition coefficient (Wildman–Crippen LogP) is 3.32. The molecule has 0 fully saturated rings. The van der Waals surface area contributed by atoms with Crippen molar-refractivity contribution in [1.29, 1.82) is 0 Å². The van der Waals surface area contributed by atoms with Crippen molar-refractivity contribution >= 4 is 24.2 Å². The van der Waals surface area contributed by atoms with E-state index in [0.29, 0.717) is 11.3 Å². The molecule has 0 unspecified atom stereocenters. The molecule has 19 heavy (non-hydrogen) atoms. The van der Waals surface area contributed by atoms with Gasteiger partial charge in [0.1, 0.15) is 5.82 Å². The van der Waals surface area contributed by atoms with Gasteiger partial charge in [0.2, 0.25) is 11.6 Å². The summed E-state index contributed by atoms with van der Waals surface area (Å²) < 4.78 is 12.8. The molecule has 4 heteroatoms. The molecule has 0 aliphatic rings. The molecule has 2 rings (SSSR count). The third-order valence-electron chi connectivity index (χ3n) is 2.71. The molecule has 2 nitrogen and oxygen atoms in total. The molecule has 0 N–H and O–H groups in total. The van der Waals surface area contributed by atoms with Gasteiger partial charge in [-0.1, -0.05) is 24.3 Å². The highest BCUT2D eigenvalue weighted by Crippen LogP contribution is 2.11. The van der Waals surface area contributed by atoms with Crippen LogP contribution in [0.5, 0.6) is 0 Å². The Morgan fingerprint density at radius 1 is 0.842 bits per heavy atom. The van der Waals surface area contributed by atoms with Crippen molar-refractivity contribution in [2.24, 2.45) is 0 Å². The van der Waals surface area contributed by atoms with Gasteiger partial charge in [0.05, 0.1) is 0 Å². The molecule has 0 spiro atoms. The largest absolute Gasteiger partial charge is 0.285 e. The number of Topliss-reactive ketones (excluding diaryl/α,β-unsaturated/α-hetero) is 2. The number of hydrogen-bond donors (Lipinski definition) is 1. The Morgan fingerprint density at radius 2 is 1.26 bits per heavy atom. The monoisotopic (exact) mass is 274 g/mol. The molecule has 0 heterocycles. The Kier molecular flexibility index (Phi) is 4.12. The molecule has 0 aliphatic heterocycles. The van der Waals surface area contributed by atoms with Crippen LogP contribution in [-0.4, -0.2) is 11.6 Å². The lowest BCUT2D eigenvalue weighted by molar-refractivity contribution is 0.0817. The van der Waals surface area contributed by atoms with Crippen molar-refractivity contribution in [1.82, 2.24) is 0 Å². The van der Waals surface area contributed by atoms with E-state index in [1.54, 1.807) is 24.3 Å². The van der Waals surface area contributed by atoms with Gasteiger partial charge < -0.3 is 0 Å². The molecule has 0 aromatic heterocycles. The maximum Gasteiger partial charge on any atom is 0.233 e. The van der Waals surface area contributed by atoms with Crippen LogP contribution in [0.4, 0.5) is 4.39 Å². The fourth-order valence-corrected chi connectivity index (χ4v) is 1.84. The zero-order valence-electron chi connectivity index (χ0n) is 9.97. The summed E-state index contributed by atoms with van der Waals surface area (Å²) in [6, 6.07) is 11.6. The van der Waals surface area contributed by atoms with Crippen LogP contribution in [0.1, 0.15) is 26.3 Å². The molecule has 0 saturated carbocycles. The fourth-order valence-electron chi connectivity index (χ4n) is 1.62. The van der Waals surface area contributed by atoms with Crippen LogP contribution in [-0.2, 0) is 5.75 Å². The van der Waals surface area contributed by atoms with Gasteiger partial charge in [0.25, 0.3) is 0 Å². The van der Waals surface area contributed by atoms with Crippen molar-refractivity contribution in [3.8, 4) is 0 Å². The van der Waals surface area contributed by atoms with E-state index >= 15 is 0 Å². The Bertz CT molecular complexity index is 603. The number of halogens is 1. The first-order valence-corrected chi connectivity index (χ1v) is 6.29. The minimum Gasteiger partial charge on any atom is -0.285 e. The number of carbonyl (C=O) groups is 2. The van der Waals surface area contributed by atoms with E-state index in [1.807, 2.05) is 0 Å². The number of benzene rings is 2. The number of ketones is 2. The number of carbonyl (C=O) groups excluding carboxylic acids is 2. The maximum absolute atomic E-state index is 12.8. The average molecular weight is 274 g/mol. The van der Waals surface area contributed by atoms with Crippen LogP contribution >= 0.6 is 12.6 Å². The third-order valence-corrected chi connectivity index (χ3v) is 3.08. The lowest BCUT2D eigenvalue weighted by atomic mass is 10.0. The number of thiol groups is 1. The molecule has 0 amide bonds. The molecule has 0 aliphatic carbocycles.